The first-order valence-corrected chi connectivity index (χ1v) is 12.3. The lowest BCUT2D eigenvalue weighted by molar-refractivity contribution is -0.189. The molecule has 14 heteroatoms. The molecule has 1 amide bonds. The van der Waals surface area contributed by atoms with E-state index in [1.165, 1.54) is 18.3 Å². The van der Waals surface area contributed by atoms with Crippen LogP contribution in [0.4, 0.5) is 24.7 Å². The van der Waals surface area contributed by atoms with Crippen molar-refractivity contribution in [2.75, 3.05) is 17.3 Å². The molecule has 1 heterocycles. The Morgan fingerprint density at radius 2 is 1.80 bits per heavy atom. The molecule has 0 aliphatic heterocycles. The fourth-order valence-corrected chi connectivity index (χ4v) is 3.47. The van der Waals surface area contributed by atoms with Gasteiger partial charge in [-0.25, -0.2) is 9.78 Å². The zero-order chi connectivity index (χ0) is 30.2. The van der Waals surface area contributed by atoms with Crippen LogP contribution in [0.3, 0.4) is 0 Å². The molecule has 0 saturated carbocycles. The van der Waals surface area contributed by atoms with Crippen molar-refractivity contribution in [2.24, 2.45) is 5.73 Å². The Labute approximate surface area is 233 Å². The van der Waals surface area contributed by atoms with E-state index in [-0.39, 0.29) is 24.0 Å². The third-order valence-electron chi connectivity index (χ3n) is 5.23. The number of nitrogens with one attached hydrogen (secondary N) is 4. The average Bonchev–Trinajstić information content (AvgIpc) is 2.92. The maximum Gasteiger partial charge on any atom is 0.491 e. The van der Waals surface area contributed by atoms with Gasteiger partial charge in [0.15, 0.2) is 17.2 Å². The summed E-state index contributed by atoms with van der Waals surface area (Å²) in [7, 11) is 0. The number of nitrogen functional groups attached to an aromatic ring is 1. The molecule has 0 bridgehead atoms. The first kappa shape index (κ1) is 30.5. The molecule has 6 N–H and O–H groups in total. The van der Waals surface area contributed by atoms with Crippen molar-refractivity contribution in [1.29, 1.82) is 5.41 Å². The quantitative estimate of drug-likeness (QED) is 0.0698. The molecule has 218 valence electrons. The molecule has 1 aromatic heterocycles. The van der Waals surface area contributed by atoms with Gasteiger partial charge in [0.1, 0.15) is 17.7 Å². The van der Waals surface area contributed by atoms with Gasteiger partial charge in [0.05, 0.1) is 18.4 Å². The lowest BCUT2D eigenvalue weighted by Gasteiger charge is -2.23. The molecule has 3 rings (SSSR count). The van der Waals surface area contributed by atoms with Crippen molar-refractivity contribution in [3.63, 3.8) is 0 Å². The number of halogens is 3. The molecule has 1 unspecified atom stereocenters. The van der Waals surface area contributed by atoms with Crippen LogP contribution in [0.15, 0.2) is 60.8 Å². The molecule has 41 heavy (non-hydrogen) atoms. The van der Waals surface area contributed by atoms with E-state index in [1.54, 1.807) is 43.3 Å². The number of nitrogens with zero attached hydrogens (tertiary/aromatic N) is 1. The summed E-state index contributed by atoms with van der Waals surface area (Å²) in [6, 6.07) is 12.0. The number of ether oxygens (including phenoxy) is 3. The third kappa shape index (κ3) is 8.49. The molecule has 0 aliphatic carbocycles. The number of amidine groups is 1. The maximum atomic E-state index is 13.4. The SMILES string of the molecule is CCOc1cc(C(Nc2ccc(C(=N)N)cc2OC(=O)C(F)(F)F)C(=O)NNc2ccccn2)ccc1OC(C)C. The average molecular weight is 575 g/mol. The Bertz CT molecular complexity index is 1390. The summed E-state index contributed by atoms with van der Waals surface area (Å²) in [4.78, 5) is 29.2. The van der Waals surface area contributed by atoms with Crippen molar-refractivity contribution < 1.29 is 37.0 Å². The zero-order valence-corrected chi connectivity index (χ0v) is 22.3. The van der Waals surface area contributed by atoms with Crippen molar-refractivity contribution in [2.45, 2.75) is 39.1 Å². The second-order valence-electron chi connectivity index (χ2n) is 8.72. The van der Waals surface area contributed by atoms with Gasteiger partial charge in [-0.15, -0.1) is 0 Å². The largest absolute Gasteiger partial charge is 0.491 e. The number of hydrogen-bond donors (Lipinski definition) is 5. The molecular formula is C27H29F3N6O5. The normalized spacial score (nSPS) is 11.8. The summed E-state index contributed by atoms with van der Waals surface area (Å²) in [5.74, 6) is -3.18. The Morgan fingerprint density at radius 1 is 1.05 bits per heavy atom. The predicted octanol–water partition coefficient (Wildman–Crippen LogP) is 4.32. The van der Waals surface area contributed by atoms with E-state index in [1.807, 2.05) is 13.8 Å². The molecule has 2 aromatic carbocycles. The minimum absolute atomic E-state index is 0.00726. The van der Waals surface area contributed by atoms with Crippen LogP contribution in [-0.2, 0) is 9.59 Å². The van der Waals surface area contributed by atoms with Crippen LogP contribution >= 0.6 is 0 Å². The monoisotopic (exact) mass is 574 g/mol. The van der Waals surface area contributed by atoms with Crippen LogP contribution < -0.4 is 36.1 Å². The molecule has 1 atom stereocenters. The highest BCUT2D eigenvalue weighted by Gasteiger charge is 2.42. The van der Waals surface area contributed by atoms with Gasteiger partial charge in [0, 0.05) is 11.8 Å². The molecule has 0 fully saturated rings. The Hall–Kier alpha value is -5.01. The van der Waals surface area contributed by atoms with Crippen LogP contribution in [0.2, 0.25) is 0 Å². The summed E-state index contributed by atoms with van der Waals surface area (Å²) >= 11 is 0. The lowest BCUT2D eigenvalue weighted by Crippen LogP contribution is -2.37. The van der Waals surface area contributed by atoms with E-state index in [0.717, 1.165) is 6.07 Å². The zero-order valence-electron chi connectivity index (χ0n) is 22.3. The van der Waals surface area contributed by atoms with Crippen LogP contribution in [0.5, 0.6) is 17.2 Å². The molecule has 3 aromatic rings. The van der Waals surface area contributed by atoms with Gasteiger partial charge < -0.3 is 25.3 Å². The molecule has 0 spiro atoms. The van der Waals surface area contributed by atoms with E-state index in [4.69, 9.17) is 20.6 Å². The van der Waals surface area contributed by atoms with E-state index in [2.05, 4.69) is 25.9 Å². The molecule has 0 aliphatic rings. The number of nitrogens with two attached hydrogens (primary N) is 1. The third-order valence-corrected chi connectivity index (χ3v) is 5.23. The highest BCUT2D eigenvalue weighted by Crippen LogP contribution is 2.35. The number of alkyl halides is 3. The summed E-state index contributed by atoms with van der Waals surface area (Å²) in [6.07, 6.45) is -3.97. The van der Waals surface area contributed by atoms with Gasteiger partial charge in [-0.2, -0.15) is 13.2 Å². The van der Waals surface area contributed by atoms with Crippen LogP contribution in [0, 0.1) is 5.41 Å². The summed E-state index contributed by atoms with van der Waals surface area (Å²) in [5, 5.41) is 10.4. The molecule has 0 radical (unpaired) electrons. The van der Waals surface area contributed by atoms with Crippen LogP contribution in [0.25, 0.3) is 0 Å². The second-order valence-corrected chi connectivity index (χ2v) is 8.72. The number of benzene rings is 2. The van der Waals surface area contributed by atoms with Gasteiger partial charge in [0.2, 0.25) is 0 Å². The number of carbonyl (C=O) groups is 2. The predicted molar refractivity (Wildman–Crippen MR) is 145 cm³/mol. The summed E-state index contributed by atoms with van der Waals surface area (Å²) in [6.45, 7) is 5.72. The number of amides is 1. The van der Waals surface area contributed by atoms with Crippen LogP contribution in [0.1, 0.15) is 37.9 Å². The van der Waals surface area contributed by atoms with Gasteiger partial charge in [-0.05, 0) is 68.8 Å². The molecule has 0 saturated heterocycles. The number of rotatable bonds is 12. The fourth-order valence-electron chi connectivity index (χ4n) is 3.47. The highest BCUT2D eigenvalue weighted by atomic mass is 19.4. The van der Waals surface area contributed by atoms with E-state index >= 15 is 0 Å². The number of hydrazine groups is 1. The number of pyridine rings is 1. The molecular weight excluding hydrogens is 545 g/mol. The van der Waals surface area contributed by atoms with Gasteiger partial charge in [-0.3, -0.25) is 21.1 Å². The minimum atomic E-state index is -5.30. The number of anilines is 2. The molecule has 11 nitrogen and oxygen atoms in total. The Kier molecular flexibility index (Phi) is 9.95. The van der Waals surface area contributed by atoms with Crippen molar-refractivity contribution >= 4 is 29.2 Å². The number of hydrogen-bond acceptors (Lipinski definition) is 9. The van der Waals surface area contributed by atoms with Gasteiger partial charge in [0.25, 0.3) is 5.91 Å². The van der Waals surface area contributed by atoms with Crippen molar-refractivity contribution in [3.05, 3.63) is 71.9 Å². The standard InChI is InChI=1S/C27H29F3N6O5/c1-4-39-21-13-16(9-11-19(21)40-15(2)3)23(25(37)36-35-22-7-5-6-12-33-22)34-18-10-8-17(24(31)32)14-20(18)41-26(38)27(28,29)30/h5-15,23,34H,4H2,1-3H3,(H3,31,32)(H,33,35)(H,36,37). The topological polar surface area (TPSA) is 161 Å². The van der Waals surface area contributed by atoms with Crippen molar-refractivity contribution in [3.8, 4) is 17.2 Å². The first-order chi connectivity index (χ1) is 19.4. The van der Waals surface area contributed by atoms with E-state index in [0.29, 0.717) is 22.9 Å². The second kappa shape index (κ2) is 13.4. The minimum Gasteiger partial charge on any atom is -0.490 e. The summed E-state index contributed by atoms with van der Waals surface area (Å²) in [5.41, 5.74) is 10.8. The van der Waals surface area contributed by atoms with E-state index in [9.17, 15) is 22.8 Å². The Morgan fingerprint density at radius 3 is 2.41 bits per heavy atom. The Balaban J connectivity index is 2.05. The number of aromatic nitrogens is 1. The van der Waals surface area contributed by atoms with Gasteiger partial charge >= 0.3 is 12.1 Å². The smallest absolute Gasteiger partial charge is 0.490 e. The number of carbonyl (C=O) groups excluding carboxylic acids is 2. The summed E-state index contributed by atoms with van der Waals surface area (Å²) < 4.78 is 55.1. The van der Waals surface area contributed by atoms with Crippen LogP contribution in [-0.4, -0.2) is 41.6 Å². The first-order valence-electron chi connectivity index (χ1n) is 12.3. The maximum absolute atomic E-state index is 13.4. The van der Waals surface area contributed by atoms with Gasteiger partial charge in [-0.1, -0.05) is 12.1 Å². The van der Waals surface area contributed by atoms with Crippen molar-refractivity contribution in [1.82, 2.24) is 10.4 Å². The van der Waals surface area contributed by atoms with E-state index < -0.39 is 35.7 Å². The number of esters is 1. The fraction of sp³-hybridized carbons (Fsp3) is 0.259. The highest BCUT2D eigenvalue weighted by molar-refractivity contribution is 5.96. The lowest BCUT2D eigenvalue weighted by atomic mass is 10.0.